The molecule has 2 fully saturated rings. The second-order valence-electron chi connectivity index (χ2n) is 6.52. The van der Waals surface area contributed by atoms with Gasteiger partial charge in [0.2, 0.25) is 0 Å². The van der Waals surface area contributed by atoms with Gasteiger partial charge in [0.05, 0.1) is 15.2 Å². The van der Waals surface area contributed by atoms with Gasteiger partial charge < -0.3 is 5.73 Å². The number of aromatic nitrogens is 1. The van der Waals surface area contributed by atoms with E-state index >= 15 is 0 Å². The molecule has 1 aromatic heterocycles. The van der Waals surface area contributed by atoms with Crippen LogP contribution in [0.25, 0.3) is 10.2 Å². The summed E-state index contributed by atoms with van der Waals surface area (Å²) in [6.07, 6.45) is 9.12. The lowest BCUT2D eigenvalue weighted by molar-refractivity contribution is 0.302. The van der Waals surface area contributed by atoms with Crippen LogP contribution in [0.1, 0.15) is 61.4 Å². The highest BCUT2D eigenvalue weighted by Crippen LogP contribution is 2.46. The monoisotopic (exact) mass is 286 g/mol. The van der Waals surface area contributed by atoms with E-state index in [2.05, 4.69) is 18.2 Å². The standard InChI is InChI=1S/C17H22N2S/c18-11-17(9-2-1-3-10-17)13-5-4-6-14-15(13)19-16(20-14)12-7-8-12/h4-6,12H,1-3,7-11,18H2. The SMILES string of the molecule is NCC1(c2cccc3sc(C4CC4)nc23)CCCCC1. The molecular formula is C17H22N2S. The summed E-state index contributed by atoms with van der Waals surface area (Å²) in [4.78, 5) is 5.01. The van der Waals surface area contributed by atoms with Crippen molar-refractivity contribution >= 4 is 21.6 Å². The van der Waals surface area contributed by atoms with Crippen LogP contribution in [0.3, 0.4) is 0 Å². The Morgan fingerprint density at radius 3 is 2.70 bits per heavy atom. The Labute approximate surface area is 124 Å². The van der Waals surface area contributed by atoms with E-state index in [1.54, 1.807) is 0 Å². The maximum Gasteiger partial charge on any atom is 0.0969 e. The Morgan fingerprint density at radius 2 is 2.00 bits per heavy atom. The Balaban J connectivity index is 1.84. The fourth-order valence-electron chi connectivity index (χ4n) is 3.71. The molecule has 0 atom stereocenters. The molecule has 0 unspecified atom stereocenters. The van der Waals surface area contributed by atoms with E-state index in [-0.39, 0.29) is 5.41 Å². The van der Waals surface area contributed by atoms with Crippen LogP contribution < -0.4 is 5.73 Å². The number of rotatable bonds is 3. The predicted molar refractivity (Wildman–Crippen MR) is 85.4 cm³/mol. The second kappa shape index (κ2) is 4.81. The number of benzene rings is 1. The molecule has 2 aromatic rings. The number of hydrogen-bond donors (Lipinski definition) is 1. The fourth-order valence-corrected chi connectivity index (χ4v) is 4.87. The van der Waals surface area contributed by atoms with Crippen LogP contribution in [-0.2, 0) is 5.41 Å². The van der Waals surface area contributed by atoms with E-state index in [1.165, 1.54) is 65.7 Å². The van der Waals surface area contributed by atoms with Crippen LogP contribution in [0.15, 0.2) is 18.2 Å². The zero-order chi connectivity index (χ0) is 13.6. The minimum Gasteiger partial charge on any atom is -0.330 e. The highest BCUT2D eigenvalue weighted by atomic mass is 32.1. The van der Waals surface area contributed by atoms with E-state index in [0.29, 0.717) is 0 Å². The van der Waals surface area contributed by atoms with Crippen molar-refractivity contribution < 1.29 is 0 Å². The summed E-state index contributed by atoms with van der Waals surface area (Å²) >= 11 is 1.90. The van der Waals surface area contributed by atoms with E-state index in [1.807, 2.05) is 11.3 Å². The summed E-state index contributed by atoms with van der Waals surface area (Å²) in [6.45, 7) is 0.766. The molecule has 3 heteroatoms. The molecule has 4 rings (SSSR count). The van der Waals surface area contributed by atoms with E-state index < -0.39 is 0 Å². The zero-order valence-corrected chi connectivity index (χ0v) is 12.7. The summed E-state index contributed by atoms with van der Waals surface area (Å²) in [7, 11) is 0. The minimum atomic E-state index is 0.187. The summed E-state index contributed by atoms with van der Waals surface area (Å²) < 4.78 is 1.36. The molecule has 2 aliphatic carbocycles. The quantitative estimate of drug-likeness (QED) is 0.912. The Kier molecular flexibility index (Phi) is 3.08. The summed E-state index contributed by atoms with van der Waals surface area (Å²) in [6, 6.07) is 6.73. The van der Waals surface area contributed by atoms with Crippen molar-refractivity contribution in [3.05, 3.63) is 28.8 Å². The molecule has 20 heavy (non-hydrogen) atoms. The maximum absolute atomic E-state index is 6.22. The number of hydrogen-bond acceptors (Lipinski definition) is 3. The molecule has 1 aromatic carbocycles. The first-order valence-corrected chi connectivity index (χ1v) is 8.74. The van der Waals surface area contributed by atoms with Crippen molar-refractivity contribution in [2.75, 3.05) is 6.54 Å². The van der Waals surface area contributed by atoms with Gasteiger partial charge in [0.15, 0.2) is 0 Å². The third-order valence-electron chi connectivity index (χ3n) is 5.13. The van der Waals surface area contributed by atoms with Gasteiger partial charge in [-0.25, -0.2) is 4.98 Å². The van der Waals surface area contributed by atoms with Gasteiger partial charge in [0, 0.05) is 17.9 Å². The Hall–Kier alpha value is -0.930. The number of fused-ring (bicyclic) bond motifs is 1. The summed E-state index contributed by atoms with van der Waals surface area (Å²) in [5.74, 6) is 0.750. The molecular weight excluding hydrogens is 264 g/mol. The van der Waals surface area contributed by atoms with Crippen molar-refractivity contribution in [3.63, 3.8) is 0 Å². The van der Waals surface area contributed by atoms with Gasteiger partial charge >= 0.3 is 0 Å². The molecule has 0 spiro atoms. The normalized spacial score (nSPS) is 22.2. The van der Waals surface area contributed by atoms with Gasteiger partial charge in [-0.3, -0.25) is 0 Å². The lowest BCUT2D eigenvalue weighted by Crippen LogP contribution is -2.37. The van der Waals surface area contributed by atoms with E-state index in [9.17, 15) is 0 Å². The van der Waals surface area contributed by atoms with Gasteiger partial charge in [-0.15, -0.1) is 11.3 Å². The van der Waals surface area contributed by atoms with Gasteiger partial charge in [-0.1, -0.05) is 31.4 Å². The van der Waals surface area contributed by atoms with E-state index in [0.717, 1.165) is 12.5 Å². The number of para-hydroxylation sites is 1. The third kappa shape index (κ3) is 1.99. The maximum atomic E-state index is 6.22. The largest absolute Gasteiger partial charge is 0.330 e. The Morgan fingerprint density at radius 1 is 1.20 bits per heavy atom. The number of thiazole rings is 1. The highest BCUT2D eigenvalue weighted by molar-refractivity contribution is 7.18. The lowest BCUT2D eigenvalue weighted by atomic mass is 9.69. The van der Waals surface area contributed by atoms with Crippen LogP contribution in [0, 0.1) is 0 Å². The Bertz CT molecular complexity index is 621. The molecule has 1 heterocycles. The van der Waals surface area contributed by atoms with E-state index in [4.69, 9.17) is 10.7 Å². The molecule has 0 saturated heterocycles. The zero-order valence-electron chi connectivity index (χ0n) is 11.9. The van der Waals surface area contributed by atoms with Crippen molar-refractivity contribution in [1.82, 2.24) is 4.98 Å². The van der Waals surface area contributed by atoms with Crippen LogP contribution in [0.5, 0.6) is 0 Å². The molecule has 2 N–H and O–H groups in total. The summed E-state index contributed by atoms with van der Waals surface area (Å²) in [5, 5.41) is 1.36. The van der Waals surface area contributed by atoms with Gasteiger partial charge in [0.25, 0.3) is 0 Å². The van der Waals surface area contributed by atoms with Crippen molar-refractivity contribution in [1.29, 1.82) is 0 Å². The molecule has 2 saturated carbocycles. The first-order chi connectivity index (χ1) is 9.82. The molecule has 106 valence electrons. The van der Waals surface area contributed by atoms with Crippen LogP contribution >= 0.6 is 11.3 Å². The topological polar surface area (TPSA) is 38.9 Å². The average molecular weight is 286 g/mol. The van der Waals surface area contributed by atoms with Gasteiger partial charge in [0.1, 0.15) is 0 Å². The third-order valence-corrected chi connectivity index (χ3v) is 6.32. The summed E-state index contributed by atoms with van der Waals surface area (Å²) in [5.41, 5.74) is 9.09. The van der Waals surface area contributed by atoms with Gasteiger partial charge in [-0.05, 0) is 37.3 Å². The first-order valence-electron chi connectivity index (χ1n) is 7.92. The molecule has 0 radical (unpaired) electrons. The van der Waals surface area contributed by atoms with Crippen molar-refractivity contribution in [2.45, 2.75) is 56.3 Å². The van der Waals surface area contributed by atoms with Gasteiger partial charge in [-0.2, -0.15) is 0 Å². The van der Waals surface area contributed by atoms with Crippen molar-refractivity contribution in [2.24, 2.45) is 5.73 Å². The first kappa shape index (κ1) is 12.8. The molecule has 2 nitrogen and oxygen atoms in total. The second-order valence-corrected chi connectivity index (χ2v) is 7.59. The molecule has 2 aliphatic rings. The average Bonchev–Trinajstić information content (AvgIpc) is 3.26. The highest BCUT2D eigenvalue weighted by Gasteiger charge is 2.35. The predicted octanol–water partition coefficient (Wildman–Crippen LogP) is 4.33. The minimum absolute atomic E-state index is 0.187. The van der Waals surface area contributed by atoms with Crippen LogP contribution in [0.4, 0.5) is 0 Å². The molecule has 0 bridgehead atoms. The lowest BCUT2D eigenvalue weighted by Gasteiger charge is -2.37. The fraction of sp³-hybridized carbons (Fsp3) is 0.588. The van der Waals surface area contributed by atoms with Crippen LogP contribution in [0.2, 0.25) is 0 Å². The molecule has 0 aliphatic heterocycles. The van der Waals surface area contributed by atoms with Crippen molar-refractivity contribution in [3.8, 4) is 0 Å². The number of nitrogens with zero attached hydrogens (tertiary/aromatic N) is 1. The molecule has 0 amide bonds. The van der Waals surface area contributed by atoms with Crippen LogP contribution in [-0.4, -0.2) is 11.5 Å². The number of nitrogens with two attached hydrogens (primary N) is 1. The smallest absolute Gasteiger partial charge is 0.0969 e.